The van der Waals surface area contributed by atoms with Gasteiger partial charge in [-0.3, -0.25) is 19.3 Å². The van der Waals surface area contributed by atoms with E-state index in [2.05, 4.69) is 25.0 Å². The van der Waals surface area contributed by atoms with Crippen molar-refractivity contribution in [2.24, 2.45) is 5.16 Å². The highest BCUT2D eigenvalue weighted by atomic mass is 31.2. The molecule has 1 unspecified atom stereocenters. The standard InChI is InChI=1S/C33H39F2N6O15P/c1-17-11-33(56-38-17)7-6-18(2)40-14-23(33)41-13-21(28(43)37-12-19-4-5-20(34)10-22(19)35)26(42)27(24(41)29(40)44)52-15-53-31(47)25(30(45)46)39(9-8-36-3)32(48)54-16-55-57(49,50)51/h4-5,10,13,18,23,25,36H,6-9,11-12,14-16H2,1-3H3,(H,37,43)(H,45,46)(H2,49,50,51)/t18-,23+,25?,33-/m0/s1. The van der Waals surface area contributed by atoms with Crippen LogP contribution in [0.2, 0.25) is 0 Å². The molecule has 0 saturated carbocycles. The second-order valence-corrected chi connectivity index (χ2v) is 14.5. The number of oxime groups is 1. The number of aromatic nitrogens is 1. The highest BCUT2D eigenvalue weighted by Gasteiger charge is 2.54. The number of likely N-dealkylation sites (N-methyl/N-ethyl adjacent to an activating group) is 1. The molecule has 1 aromatic carbocycles. The molecular formula is C33H39F2N6O15P. The molecule has 57 heavy (non-hydrogen) atoms. The van der Waals surface area contributed by atoms with Crippen LogP contribution in [0.1, 0.15) is 65.6 Å². The molecule has 4 heterocycles. The Kier molecular flexibility index (Phi) is 13.0. The minimum atomic E-state index is -5.10. The lowest BCUT2D eigenvalue weighted by molar-refractivity contribution is -0.164. The van der Waals surface area contributed by atoms with Crippen molar-refractivity contribution in [2.75, 3.05) is 40.3 Å². The molecule has 3 amide bonds. The van der Waals surface area contributed by atoms with E-state index in [-0.39, 0.29) is 30.4 Å². The topological polar surface area (TPSA) is 274 Å². The fourth-order valence-electron chi connectivity index (χ4n) is 6.72. The fraction of sp³-hybridized carbons (Fsp3) is 0.485. The Hall–Kier alpha value is -5.48. The van der Waals surface area contributed by atoms with Gasteiger partial charge in [0.15, 0.2) is 11.3 Å². The summed E-state index contributed by atoms with van der Waals surface area (Å²) in [6.07, 6.45) is 0.773. The number of halogens is 2. The van der Waals surface area contributed by atoms with Crippen LogP contribution in [-0.4, -0.2) is 123 Å². The summed E-state index contributed by atoms with van der Waals surface area (Å²) >= 11 is 0. The number of phosphoric ester groups is 1. The second-order valence-electron chi connectivity index (χ2n) is 13.3. The summed E-state index contributed by atoms with van der Waals surface area (Å²) < 4.78 is 59.5. The van der Waals surface area contributed by atoms with Crippen LogP contribution in [0.25, 0.3) is 0 Å². The monoisotopic (exact) mass is 828 g/mol. The minimum absolute atomic E-state index is 0.0625. The van der Waals surface area contributed by atoms with Crippen LogP contribution in [0.3, 0.4) is 0 Å². The van der Waals surface area contributed by atoms with Gasteiger partial charge in [-0.05, 0) is 39.8 Å². The van der Waals surface area contributed by atoms with E-state index in [0.29, 0.717) is 35.9 Å². The molecule has 310 valence electrons. The predicted octanol–water partition coefficient (Wildman–Crippen LogP) is 0.828. The minimum Gasteiger partial charge on any atom is -0.479 e. The molecule has 2 bridgehead atoms. The van der Waals surface area contributed by atoms with E-state index in [0.717, 1.165) is 18.3 Å². The zero-order valence-electron chi connectivity index (χ0n) is 30.6. The van der Waals surface area contributed by atoms with E-state index in [1.165, 1.54) is 16.5 Å². The molecule has 3 aliphatic heterocycles. The molecule has 1 spiro atoms. The maximum absolute atomic E-state index is 14.4. The SMILES string of the molecule is CNCCN(C(=O)OCOP(=O)(O)O)C(C(=O)O)C(=O)OCOc1c2n(cc(C(=O)NCc3ccc(F)cc3F)c1=O)[C@@H]1CN(C2=O)[C@@H](C)CC[C@]12CC(C)=NO2. The van der Waals surface area contributed by atoms with Crippen molar-refractivity contribution in [1.29, 1.82) is 0 Å². The van der Waals surface area contributed by atoms with Gasteiger partial charge in [0.05, 0.1) is 11.8 Å². The van der Waals surface area contributed by atoms with E-state index in [4.69, 9.17) is 24.1 Å². The highest BCUT2D eigenvalue weighted by molar-refractivity contribution is 7.46. The molecule has 0 radical (unpaired) electrons. The van der Waals surface area contributed by atoms with Gasteiger partial charge in [0.1, 0.15) is 17.2 Å². The number of carboxylic acids is 1. The van der Waals surface area contributed by atoms with E-state index in [9.17, 15) is 47.2 Å². The average Bonchev–Trinajstić information content (AvgIpc) is 3.47. The first-order chi connectivity index (χ1) is 26.9. The molecule has 4 atom stereocenters. The number of hydrogen-bond acceptors (Lipinski definition) is 14. The largest absolute Gasteiger partial charge is 0.479 e. The number of phosphoric acid groups is 1. The zero-order chi connectivity index (χ0) is 41.8. The Morgan fingerprint density at radius 3 is 2.54 bits per heavy atom. The number of fused-ring (bicyclic) bond motifs is 5. The number of pyridine rings is 1. The molecule has 3 aliphatic rings. The Morgan fingerprint density at radius 2 is 1.91 bits per heavy atom. The summed E-state index contributed by atoms with van der Waals surface area (Å²) in [6.45, 7) is -0.0654. The van der Waals surface area contributed by atoms with Gasteiger partial charge in [0.2, 0.25) is 30.8 Å². The predicted molar refractivity (Wildman–Crippen MR) is 187 cm³/mol. The van der Waals surface area contributed by atoms with Gasteiger partial charge in [0.25, 0.3) is 11.8 Å². The van der Waals surface area contributed by atoms with Crippen molar-refractivity contribution in [3.05, 3.63) is 63.1 Å². The number of nitrogens with one attached hydrogen (secondary N) is 2. The van der Waals surface area contributed by atoms with Gasteiger partial charge in [-0.2, -0.15) is 0 Å². The van der Waals surface area contributed by atoms with Gasteiger partial charge in [0, 0.05) is 56.5 Å². The van der Waals surface area contributed by atoms with Crippen molar-refractivity contribution >= 4 is 43.4 Å². The number of nitrogens with zero attached hydrogens (tertiary/aromatic N) is 4. The quantitative estimate of drug-likeness (QED) is 0.0720. The molecular weight excluding hydrogens is 789 g/mol. The summed E-state index contributed by atoms with van der Waals surface area (Å²) in [6, 6.07) is -0.907. The normalized spacial score (nSPS) is 20.4. The lowest BCUT2D eigenvalue weighted by Crippen LogP contribution is -2.53. The summed E-state index contributed by atoms with van der Waals surface area (Å²) in [5.41, 5.74) is -2.66. The Morgan fingerprint density at radius 1 is 1.18 bits per heavy atom. The van der Waals surface area contributed by atoms with Crippen molar-refractivity contribution in [3.8, 4) is 5.75 Å². The number of carboxylic acid groups (broad SMARTS) is 1. The van der Waals surface area contributed by atoms with Crippen molar-refractivity contribution in [1.82, 2.24) is 25.0 Å². The third-order valence-electron chi connectivity index (χ3n) is 9.54. The van der Waals surface area contributed by atoms with E-state index >= 15 is 0 Å². The number of amides is 3. The van der Waals surface area contributed by atoms with Crippen molar-refractivity contribution in [3.63, 3.8) is 0 Å². The Balaban J connectivity index is 1.49. The number of hydrogen-bond donors (Lipinski definition) is 5. The lowest BCUT2D eigenvalue weighted by atomic mass is 9.84. The van der Waals surface area contributed by atoms with Gasteiger partial charge in [-0.15, -0.1) is 0 Å². The van der Waals surface area contributed by atoms with E-state index in [1.54, 1.807) is 13.8 Å². The van der Waals surface area contributed by atoms with Crippen LogP contribution < -0.4 is 20.8 Å². The number of rotatable bonds is 15. The molecule has 21 nitrogen and oxygen atoms in total. The lowest BCUT2D eigenvalue weighted by Gasteiger charge is -2.42. The molecule has 5 rings (SSSR count). The molecule has 1 aromatic heterocycles. The van der Waals surface area contributed by atoms with Crippen LogP contribution in [0.5, 0.6) is 5.75 Å². The first-order valence-corrected chi connectivity index (χ1v) is 18.7. The summed E-state index contributed by atoms with van der Waals surface area (Å²) in [5.74, 6) is -7.94. The summed E-state index contributed by atoms with van der Waals surface area (Å²) in [4.78, 5) is 106. The summed E-state index contributed by atoms with van der Waals surface area (Å²) in [5, 5.41) is 19.1. The maximum Gasteiger partial charge on any atom is 0.472 e. The number of benzene rings is 1. The van der Waals surface area contributed by atoms with E-state index < -0.39 is 110 Å². The molecule has 5 N–H and O–H groups in total. The third kappa shape index (κ3) is 9.39. The molecule has 1 saturated heterocycles. The molecule has 2 aromatic rings. The Bertz CT molecular complexity index is 2080. The number of carbonyl (C=O) groups excluding carboxylic acids is 4. The third-order valence-corrected chi connectivity index (χ3v) is 9.98. The van der Waals surface area contributed by atoms with E-state index in [1.807, 2.05) is 0 Å². The average molecular weight is 829 g/mol. The van der Waals surface area contributed by atoms with Gasteiger partial charge in [-0.1, -0.05) is 11.2 Å². The smallest absolute Gasteiger partial charge is 0.472 e. The fourth-order valence-corrected chi connectivity index (χ4v) is 6.91. The summed E-state index contributed by atoms with van der Waals surface area (Å²) in [7, 11) is -3.67. The van der Waals surface area contributed by atoms with Gasteiger partial charge in [-0.25, -0.2) is 32.3 Å². The number of esters is 1. The van der Waals surface area contributed by atoms with Crippen LogP contribution in [0.15, 0.2) is 34.3 Å². The Labute approximate surface area is 321 Å². The van der Waals surface area contributed by atoms with Crippen molar-refractivity contribution < 1.29 is 75.8 Å². The van der Waals surface area contributed by atoms with Crippen molar-refractivity contribution in [2.45, 2.75) is 63.4 Å². The molecule has 0 aliphatic carbocycles. The first-order valence-electron chi connectivity index (χ1n) is 17.2. The highest BCUT2D eigenvalue weighted by Crippen LogP contribution is 2.46. The van der Waals surface area contributed by atoms with Gasteiger partial charge >= 0.3 is 25.9 Å². The maximum atomic E-state index is 14.4. The van der Waals surface area contributed by atoms with Gasteiger partial charge < -0.3 is 54.0 Å². The van der Waals surface area contributed by atoms with Crippen LogP contribution in [-0.2, 0) is 39.5 Å². The number of carbonyl (C=O) groups is 5. The van der Waals surface area contributed by atoms with Crippen LogP contribution >= 0.6 is 7.82 Å². The number of aliphatic carboxylic acids is 1. The zero-order valence-corrected chi connectivity index (χ0v) is 31.5. The second kappa shape index (κ2) is 17.3. The molecule has 1 fully saturated rings. The first kappa shape index (κ1) is 42.7. The van der Waals surface area contributed by atoms with Crippen LogP contribution in [0.4, 0.5) is 13.6 Å². The number of ether oxygens (including phenoxy) is 3. The molecule has 24 heteroatoms. The van der Waals surface area contributed by atoms with Crippen LogP contribution in [0, 0.1) is 11.6 Å².